The first kappa shape index (κ1) is 22.4. The molecule has 0 aliphatic heterocycles. The van der Waals surface area contributed by atoms with Crippen molar-refractivity contribution in [1.82, 2.24) is 5.32 Å². The Morgan fingerprint density at radius 1 is 1.03 bits per heavy atom. The normalized spacial score (nSPS) is 12.7. The first-order valence-electron chi connectivity index (χ1n) is 9.09. The number of carbonyl (C=O) groups excluding carboxylic acids is 2. The molecular formula is C21H26N2O5S. The zero-order valence-corrected chi connectivity index (χ0v) is 18.0. The van der Waals surface area contributed by atoms with E-state index in [9.17, 15) is 18.0 Å². The summed E-state index contributed by atoms with van der Waals surface area (Å²) >= 11 is 0. The number of rotatable bonds is 6. The van der Waals surface area contributed by atoms with Crippen LogP contribution < -0.4 is 9.62 Å². The van der Waals surface area contributed by atoms with Gasteiger partial charge in [-0.15, -0.1) is 0 Å². The SMILES string of the molecule is CC(OC(=O)c1cccc(S(=O)(=O)N(C)c2ccccc2)c1)C(=O)NC(C)(C)C. The van der Waals surface area contributed by atoms with Crippen molar-refractivity contribution in [2.24, 2.45) is 0 Å². The molecule has 0 saturated heterocycles. The maximum Gasteiger partial charge on any atom is 0.338 e. The van der Waals surface area contributed by atoms with Crippen molar-refractivity contribution < 1.29 is 22.7 Å². The van der Waals surface area contributed by atoms with Gasteiger partial charge in [0.15, 0.2) is 6.10 Å². The van der Waals surface area contributed by atoms with Gasteiger partial charge in [0, 0.05) is 12.6 Å². The van der Waals surface area contributed by atoms with E-state index in [1.165, 1.54) is 38.2 Å². The van der Waals surface area contributed by atoms with Crippen LogP contribution in [0.15, 0.2) is 59.5 Å². The molecule has 0 aromatic heterocycles. The van der Waals surface area contributed by atoms with E-state index in [1.54, 1.807) is 30.3 Å². The third-order valence-electron chi connectivity index (χ3n) is 4.00. The molecule has 29 heavy (non-hydrogen) atoms. The molecule has 0 heterocycles. The number of hydrogen-bond donors (Lipinski definition) is 1. The van der Waals surface area contributed by atoms with Gasteiger partial charge in [0.1, 0.15) is 0 Å². The van der Waals surface area contributed by atoms with Gasteiger partial charge in [0.05, 0.1) is 16.1 Å². The molecule has 0 aliphatic carbocycles. The Bertz CT molecular complexity index is 982. The van der Waals surface area contributed by atoms with Crippen molar-refractivity contribution in [2.75, 3.05) is 11.4 Å². The van der Waals surface area contributed by atoms with Crippen LogP contribution >= 0.6 is 0 Å². The summed E-state index contributed by atoms with van der Waals surface area (Å²) in [5, 5.41) is 2.73. The van der Waals surface area contributed by atoms with Crippen molar-refractivity contribution in [1.29, 1.82) is 0 Å². The summed E-state index contributed by atoms with van der Waals surface area (Å²) in [6, 6.07) is 14.2. The summed E-state index contributed by atoms with van der Waals surface area (Å²) in [5.41, 5.74) is 0.0734. The Balaban J connectivity index is 2.20. The smallest absolute Gasteiger partial charge is 0.338 e. The number of anilines is 1. The Hall–Kier alpha value is -2.87. The van der Waals surface area contributed by atoms with E-state index < -0.39 is 33.5 Å². The highest BCUT2D eigenvalue weighted by Crippen LogP contribution is 2.22. The van der Waals surface area contributed by atoms with Gasteiger partial charge in [0.2, 0.25) is 0 Å². The van der Waals surface area contributed by atoms with Crippen molar-refractivity contribution in [3.63, 3.8) is 0 Å². The van der Waals surface area contributed by atoms with Crippen LogP contribution in [0, 0.1) is 0 Å². The topological polar surface area (TPSA) is 92.8 Å². The minimum absolute atomic E-state index is 0.0444. The zero-order chi connectivity index (χ0) is 21.8. The number of esters is 1. The number of amides is 1. The minimum atomic E-state index is -3.87. The van der Waals surface area contributed by atoms with E-state index in [1.807, 2.05) is 20.8 Å². The van der Waals surface area contributed by atoms with Crippen LogP contribution in [0.25, 0.3) is 0 Å². The van der Waals surface area contributed by atoms with Gasteiger partial charge >= 0.3 is 5.97 Å². The number of nitrogens with one attached hydrogen (secondary N) is 1. The maximum atomic E-state index is 12.9. The molecular weight excluding hydrogens is 392 g/mol. The summed E-state index contributed by atoms with van der Waals surface area (Å²) in [6.07, 6.45) is -1.02. The highest BCUT2D eigenvalue weighted by molar-refractivity contribution is 7.92. The molecule has 1 N–H and O–H groups in total. The molecule has 0 aliphatic rings. The molecule has 1 atom stereocenters. The van der Waals surface area contributed by atoms with Crippen LogP contribution in [0.3, 0.4) is 0 Å². The second kappa shape index (κ2) is 8.65. The first-order chi connectivity index (χ1) is 13.4. The van der Waals surface area contributed by atoms with Gasteiger partial charge in [-0.05, 0) is 58.0 Å². The van der Waals surface area contributed by atoms with Gasteiger partial charge in [-0.3, -0.25) is 9.10 Å². The predicted molar refractivity (Wildman–Crippen MR) is 111 cm³/mol. The van der Waals surface area contributed by atoms with Gasteiger partial charge in [-0.2, -0.15) is 0 Å². The molecule has 0 bridgehead atoms. The molecule has 156 valence electrons. The zero-order valence-electron chi connectivity index (χ0n) is 17.2. The Morgan fingerprint density at radius 3 is 2.24 bits per heavy atom. The second-order valence-corrected chi connectivity index (χ2v) is 9.59. The van der Waals surface area contributed by atoms with Crippen molar-refractivity contribution in [2.45, 2.75) is 44.2 Å². The van der Waals surface area contributed by atoms with Crippen molar-refractivity contribution >= 4 is 27.6 Å². The number of sulfonamides is 1. The average Bonchev–Trinajstić information content (AvgIpc) is 2.66. The molecule has 8 heteroatoms. The van der Waals surface area contributed by atoms with E-state index in [4.69, 9.17) is 4.74 Å². The van der Waals surface area contributed by atoms with Crippen LogP contribution in [-0.4, -0.2) is 39.0 Å². The molecule has 0 spiro atoms. The average molecular weight is 419 g/mol. The van der Waals surface area contributed by atoms with Crippen LogP contribution in [0.5, 0.6) is 0 Å². The Morgan fingerprint density at radius 2 is 1.66 bits per heavy atom. The predicted octanol–water partition coefficient (Wildman–Crippen LogP) is 2.97. The van der Waals surface area contributed by atoms with Gasteiger partial charge in [0.25, 0.3) is 15.9 Å². The van der Waals surface area contributed by atoms with E-state index in [-0.39, 0.29) is 10.5 Å². The molecule has 2 aromatic carbocycles. The third kappa shape index (κ3) is 5.80. The van der Waals surface area contributed by atoms with Crippen molar-refractivity contribution in [3.05, 3.63) is 60.2 Å². The lowest BCUT2D eigenvalue weighted by molar-refractivity contribution is -0.130. The maximum absolute atomic E-state index is 12.9. The number of hydrogen-bond acceptors (Lipinski definition) is 5. The van der Waals surface area contributed by atoms with Crippen molar-refractivity contribution in [3.8, 4) is 0 Å². The number of para-hydroxylation sites is 1. The van der Waals surface area contributed by atoms with Gasteiger partial charge < -0.3 is 10.1 Å². The van der Waals surface area contributed by atoms with Gasteiger partial charge in [-0.1, -0.05) is 24.3 Å². The van der Waals surface area contributed by atoms with E-state index in [0.29, 0.717) is 5.69 Å². The summed E-state index contributed by atoms with van der Waals surface area (Å²) in [7, 11) is -2.43. The molecule has 1 amide bonds. The lowest BCUT2D eigenvalue weighted by Gasteiger charge is -2.23. The summed E-state index contributed by atoms with van der Waals surface area (Å²) in [6.45, 7) is 6.91. The van der Waals surface area contributed by atoms with Crippen LogP contribution in [0.4, 0.5) is 5.69 Å². The fraction of sp³-hybridized carbons (Fsp3) is 0.333. The van der Waals surface area contributed by atoms with Gasteiger partial charge in [-0.25, -0.2) is 13.2 Å². The Labute approximate surface area is 171 Å². The molecule has 0 saturated carbocycles. The lowest BCUT2D eigenvalue weighted by Crippen LogP contribution is -2.46. The summed E-state index contributed by atoms with van der Waals surface area (Å²) < 4.78 is 32.1. The number of benzene rings is 2. The summed E-state index contributed by atoms with van der Waals surface area (Å²) in [5.74, 6) is -1.21. The molecule has 0 fully saturated rings. The van der Waals surface area contributed by atoms with Crippen LogP contribution in [0.1, 0.15) is 38.1 Å². The van der Waals surface area contributed by atoms with Crippen LogP contribution in [0.2, 0.25) is 0 Å². The van der Waals surface area contributed by atoms with Crippen LogP contribution in [-0.2, 0) is 19.6 Å². The molecule has 2 aromatic rings. The molecule has 2 rings (SSSR count). The highest BCUT2D eigenvalue weighted by Gasteiger charge is 2.25. The molecule has 7 nitrogen and oxygen atoms in total. The monoisotopic (exact) mass is 418 g/mol. The number of nitrogens with zero attached hydrogens (tertiary/aromatic N) is 1. The Kier molecular flexibility index (Phi) is 6.69. The molecule has 1 unspecified atom stereocenters. The summed E-state index contributed by atoms with van der Waals surface area (Å²) in [4.78, 5) is 24.5. The van der Waals surface area contributed by atoms with E-state index in [2.05, 4.69) is 5.32 Å². The quantitative estimate of drug-likeness (QED) is 0.728. The fourth-order valence-corrected chi connectivity index (χ4v) is 3.71. The first-order valence-corrected chi connectivity index (χ1v) is 10.5. The largest absolute Gasteiger partial charge is 0.449 e. The molecule has 0 radical (unpaired) electrons. The fourth-order valence-electron chi connectivity index (χ4n) is 2.47. The lowest BCUT2D eigenvalue weighted by atomic mass is 10.1. The third-order valence-corrected chi connectivity index (χ3v) is 5.78. The highest BCUT2D eigenvalue weighted by atomic mass is 32.2. The minimum Gasteiger partial charge on any atom is -0.449 e. The number of ether oxygens (including phenoxy) is 1. The number of carbonyl (C=O) groups is 2. The second-order valence-electron chi connectivity index (χ2n) is 7.62. The standard InChI is InChI=1S/C21H26N2O5S/c1-15(19(24)22-21(2,3)4)28-20(25)16-10-9-13-18(14-16)29(26,27)23(5)17-11-7-6-8-12-17/h6-15H,1-5H3,(H,22,24). The van der Waals surface area contributed by atoms with E-state index in [0.717, 1.165) is 4.31 Å². The van der Waals surface area contributed by atoms with E-state index >= 15 is 0 Å².